The number of ether oxygens (including phenoxy) is 1. The van der Waals surface area contributed by atoms with E-state index >= 15 is 0 Å². The fourth-order valence-corrected chi connectivity index (χ4v) is 6.24. The molecule has 1 heterocycles. The van der Waals surface area contributed by atoms with Crippen LogP contribution in [0, 0.1) is 11.8 Å². The number of amides is 2. The largest absolute Gasteiger partial charge is 0.491 e. The van der Waals surface area contributed by atoms with Crippen LogP contribution < -0.4 is 9.64 Å². The molecule has 5 heteroatoms. The van der Waals surface area contributed by atoms with Crippen molar-refractivity contribution in [1.29, 1.82) is 0 Å². The highest BCUT2D eigenvalue weighted by molar-refractivity contribution is 6.25. The number of aldehydes is 1. The van der Waals surface area contributed by atoms with Crippen molar-refractivity contribution in [1.82, 2.24) is 0 Å². The van der Waals surface area contributed by atoms with E-state index in [4.69, 9.17) is 4.74 Å². The summed E-state index contributed by atoms with van der Waals surface area (Å²) >= 11 is 0. The minimum absolute atomic E-state index is 0.266. The fourth-order valence-electron chi connectivity index (χ4n) is 6.24. The van der Waals surface area contributed by atoms with Crippen molar-refractivity contribution in [3.63, 3.8) is 0 Å². The van der Waals surface area contributed by atoms with E-state index in [9.17, 15) is 14.4 Å². The zero-order valence-corrected chi connectivity index (χ0v) is 18.2. The van der Waals surface area contributed by atoms with E-state index in [2.05, 4.69) is 0 Å². The summed E-state index contributed by atoms with van der Waals surface area (Å²) in [5, 5.41) is 0. The third-order valence-corrected chi connectivity index (χ3v) is 7.44. The van der Waals surface area contributed by atoms with Crippen LogP contribution in [0.25, 0.3) is 0 Å². The Morgan fingerprint density at radius 2 is 1.48 bits per heavy atom. The molecule has 0 spiro atoms. The first-order valence-corrected chi connectivity index (χ1v) is 11.4. The second-order valence-corrected chi connectivity index (χ2v) is 8.97. The van der Waals surface area contributed by atoms with Gasteiger partial charge in [0.05, 0.1) is 29.5 Å². The van der Waals surface area contributed by atoms with Crippen molar-refractivity contribution in [2.24, 2.45) is 11.8 Å². The van der Waals surface area contributed by atoms with Gasteiger partial charge in [0.15, 0.2) is 0 Å². The monoisotopic (exact) mass is 437 g/mol. The first-order chi connectivity index (χ1) is 16.1. The minimum atomic E-state index is -1.19. The molecule has 0 radical (unpaired) electrons. The fraction of sp³-hybridized carbons (Fsp3) is 0.250. The minimum Gasteiger partial charge on any atom is -0.491 e. The van der Waals surface area contributed by atoms with Gasteiger partial charge in [-0.3, -0.25) is 9.59 Å². The maximum Gasteiger partial charge on any atom is 0.239 e. The van der Waals surface area contributed by atoms with Crippen LogP contribution >= 0.6 is 0 Å². The van der Waals surface area contributed by atoms with Crippen LogP contribution in [0.3, 0.4) is 0 Å². The number of hydrogen-bond acceptors (Lipinski definition) is 4. The number of carbonyl (C=O) groups excluding carboxylic acids is 3. The number of nitrogens with zero attached hydrogens (tertiary/aromatic N) is 1. The highest BCUT2D eigenvalue weighted by Gasteiger charge is 2.68. The Hall–Kier alpha value is -3.73. The van der Waals surface area contributed by atoms with Gasteiger partial charge in [0.2, 0.25) is 11.8 Å². The lowest BCUT2D eigenvalue weighted by molar-refractivity contribution is -0.128. The van der Waals surface area contributed by atoms with E-state index in [0.29, 0.717) is 18.0 Å². The molecule has 3 aliphatic carbocycles. The number of para-hydroxylation sites is 2. The first kappa shape index (κ1) is 19.9. The third-order valence-electron chi connectivity index (χ3n) is 7.44. The van der Waals surface area contributed by atoms with Crippen molar-refractivity contribution in [3.8, 4) is 5.75 Å². The molecule has 2 amide bonds. The molecule has 0 aromatic heterocycles. The molecule has 2 bridgehead atoms. The van der Waals surface area contributed by atoms with Gasteiger partial charge in [-0.1, -0.05) is 67.6 Å². The van der Waals surface area contributed by atoms with E-state index in [1.807, 2.05) is 61.5 Å². The van der Waals surface area contributed by atoms with E-state index in [0.717, 1.165) is 35.0 Å². The molecule has 164 valence electrons. The standard InChI is InChI=1S/C28H23NO4/c1-2-15-33-22-14-8-7-13-21(22)29-26(31)24-23-17-9-3-5-11-19(17)28(16-30,25(24)27(29)32)20-12-6-4-10-18(20)23/h3-14,16,23-25H,2,15H2,1H3. The molecule has 7 rings (SSSR count). The summed E-state index contributed by atoms with van der Waals surface area (Å²) in [6.07, 6.45) is 1.70. The topological polar surface area (TPSA) is 63.7 Å². The van der Waals surface area contributed by atoms with Crippen LogP contribution in [-0.4, -0.2) is 24.7 Å². The van der Waals surface area contributed by atoms with Crippen molar-refractivity contribution in [2.45, 2.75) is 24.7 Å². The third kappa shape index (κ3) is 2.39. The molecule has 2 atom stereocenters. The number of rotatable bonds is 5. The number of imide groups is 1. The smallest absolute Gasteiger partial charge is 0.239 e. The highest BCUT2D eigenvalue weighted by Crippen LogP contribution is 2.63. The van der Waals surface area contributed by atoms with Gasteiger partial charge < -0.3 is 9.53 Å². The molecule has 2 unspecified atom stereocenters. The second-order valence-electron chi connectivity index (χ2n) is 8.97. The van der Waals surface area contributed by atoms with E-state index in [1.165, 1.54) is 4.90 Å². The normalized spacial score (nSPS) is 26.6. The van der Waals surface area contributed by atoms with E-state index in [1.54, 1.807) is 18.2 Å². The van der Waals surface area contributed by atoms with E-state index < -0.39 is 17.3 Å². The first-order valence-electron chi connectivity index (χ1n) is 11.4. The van der Waals surface area contributed by atoms with Crippen LogP contribution in [0.15, 0.2) is 72.8 Å². The second kappa shape index (κ2) is 7.14. The lowest BCUT2D eigenvalue weighted by Crippen LogP contribution is -2.54. The Labute approximate surface area is 192 Å². The maximum absolute atomic E-state index is 14.0. The molecule has 3 aromatic carbocycles. The van der Waals surface area contributed by atoms with Crippen LogP contribution in [-0.2, 0) is 19.8 Å². The van der Waals surface area contributed by atoms with Gasteiger partial charge in [0, 0.05) is 5.92 Å². The molecular weight excluding hydrogens is 414 g/mol. The molecular formula is C28H23NO4. The van der Waals surface area contributed by atoms with Crippen molar-refractivity contribution >= 4 is 23.8 Å². The lowest BCUT2D eigenvalue weighted by Gasteiger charge is -2.51. The zero-order chi connectivity index (χ0) is 22.7. The number of carbonyl (C=O) groups is 3. The highest BCUT2D eigenvalue weighted by atomic mass is 16.5. The molecule has 5 nitrogen and oxygen atoms in total. The molecule has 0 saturated carbocycles. The van der Waals surface area contributed by atoms with Gasteiger partial charge in [0.25, 0.3) is 0 Å². The van der Waals surface area contributed by atoms with Crippen LogP contribution in [0.1, 0.15) is 41.5 Å². The van der Waals surface area contributed by atoms with Crippen molar-refractivity contribution in [3.05, 3.63) is 95.1 Å². The summed E-state index contributed by atoms with van der Waals surface area (Å²) in [6, 6.07) is 22.7. The summed E-state index contributed by atoms with van der Waals surface area (Å²) in [5.74, 6) is -1.78. The van der Waals surface area contributed by atoms with Crippen LogP contribution in [0.2, 0.25) is 0 Å². The average Bonchev–Trinajstić information content (AvgIpc) is 3.13. The van der Waals surface area contributed by atoms with E-state index in [-0.39, 0.29) is 17.7 Å². The Bertz CT molecular complexity index is 1270. The van der Waals surface area contributed by atoms with Crippen molar-refractivity contribution in [2.75, 3.05) is 11.5 Å². The molecule has 1 saturated heterocycles. The maximum atomic E-state index is 14.0. The zero-order valence-electron chi connectivity index (χ0n) is 18.2. The molecule has 4 aliphatic rings. The Morgan fingerprint density at radius 3 is 2.12 bits per heavy atom. The SMILES string of the molecule is CCCOc1ccccc1N1C(=O)C2C3c4ccccc4C(C=O)(c4ccccc43)C2C1=O. The number of hydrogen-bond donors (Lipinski definition) is 0. The van der Waals surface area contributed by atoms with Gasteiger partial charge >= 0.3 is 0 Å². The lowest BCUT2D eigenvalue weighted by atomic mass is 9.48. The summed E-state index contributed by atoms with van der Waals surface area (Å²) < 4.78 is 5.88. The van der Waals surface area contributed by atoms with Crippen LogP contribution in [0.4, 0.5) is 5.69 Å². The van der Waals surface area contributed by atoms with Gasteiger partial charge in [-0.05, 0) is 40.8 Å². The molecule has 33 heavy (non-hydrogen) atoms. The van der Waals surface area contributed by atoms with Gasteiger partial charge in [-0.2, -0.15) is 0 Å². The molecule has 0 N–H and O–H groups in total. The number of anilines is 1. The Kier molecular flexibility index (Phi) is 4.31. The number of benzene rings is 3. The summed E-state index contributed by atoms with van der Waals surface area (Å²) in [5.41, 5.74) is 2.86. The van der Waals surface area contributed by atoms with Gasteiger partial charge in [0.1, 0.15) is 12.0 Å². The molecule has 3 aromatic rings. The van der Waals surface area contributed by atoms with Gasteiger partial charge in [-0.25, -0.2) is 4.90 Å². The van der Waals surface area contributed by atoms with Crippen LogP contribution in [0.5, 0.6) is 5.75 Å². The summed E-state index contributed by atoms with van der Waals surface area (Å²) in [6.45, 7) is 2.49. The summed E-state index contributed by atoms with van der Waals surface area (Å²) in [4.78, 5) is 42.3. The summed E-state index contributed by atoms with van der Waals surface area (Å²) in [7, 11) is 0. The molecule has 1 aliphatic heterocycles. The predicted molar refractivity (Wildman–Crippen MR) is 123 cm³/mol. The Morgan fingerprint density at radius 1 is 0.879 bits per heavy atom. The average molecular weight is 437 g/mol. The van der Waals surface area contributed by atoms with Crippen molar-refractivity contribution < 1.29 is 19.1 Å². The predicted octanol–water partition coefficient (Wildman–Crippen LogP) is 4.23. The van der Waals surface area contributed by atoms with Gasteiger partial charge in [-0.15, -0.1) is 0 Å². The quantitative estimate of drug-likeness (QED) is 0.443. The Balaban J connectivity index is 1.58. The molecule has 1 fully saturated rings.